The van der Waals surface area contributed by atoms with Gasteiger partial charge < -0.3 is 5.32 Å². The van der Waals surface area contributed by atoms with Gasteiger partial charge in [-0.15, -0.1) is 11.3 Å². The lowest BCUT2D eigenvalue weighted by Crippen LogP contribution is -2.15. The second kappa shape index (κ2) is 5.35. The first-order valence-corrected chi connectivity index (χ1v) is 7.33. The Bertz CT molecular complexity index is 561. The molecule has 1 saturated carbocycles. The molecule has 0 saturated heterocycles. The molecular weight excluding hydrogens is 261 g/mol. The molecule has 2 aromatic rings. The summed E-state index contributed by atoms with van der Waals surface area (Å²) in [4.78, 5) is 9.82. The maximum absolute atomic E-state index is 12.9. The largest absolute Gasteiger partial charge is 0.310 e. The van der Waals surface area contributed by atoms with Crippen LogP contribution >= 0.6 is 11.3 Å². The Morgan fingerprint density at radius 2 is 2.26 bits per heavy atom. The molecule has 0 radical (unpaired) electrons. The van der Waals surface area contributed by atoms with Crippen LogP contribution in [-0.2, 0) is 6.54 Å². The van der Waals surface area contributed by atoms with Gasteiger partial charge in [0.2, 0.25) is 0 Å². The van der Waals surface area contributed by atoms with Crippen LogP contribution in [0, 0.1) is 18.7 Å². The highest BCUT2D eigenvalue weighted by molar-refractivity contribution is 7.12. The summed E-state index contributed by atoms with van der Waals surface area (Å²) in [5.41, 5.74) is 1.61. The van der Waals surface area contributed by atoms with Crippen molar-refractivity contribution in [2.45, 2.75) is 26.3 Å². The van der Waals surface area contributed by atoms with E-state index < -0.39 is 0 Å². The minimum absolute atomic E-state index is 0.317. The quantitative estimate of drug-likeness (QED) is 0.912. The summed E-state index contributed by atoms with van der Waals surface area (Å²) in [5.74, 6) is 0.558. The van der Waals surface area contributed by atoms with E-state index in [-0.39, 0.29) is 5.82 Å². The van der Waals surface area contributed by atoms with Crippen molar-refractivity contribution >= 4 is 11.3 Å². The fourth-order valence-electron chi connectivity index (χ4n) is 1.99. The van der Waals surface area contributed by atoms with E-state index in [9.17, 15) is 4.39 Å². The first-order chi connectivity index (χ1) is 9.22. The van der Waals surface area contributed by atoms with Gasteiger partial charge in [-0.3, -0.25) is 4.98 Å². The number of hydrogen-bond donors (Lipinski definition) is 1. The minimum atomic E-state index is -0.317. The zero-order chi connectivity index (χ0) is 13.2. The molecule has 1 fully saturated rings. The smallest absolute Gasteiger partial charge is 0.141 e. The molecule has 5 heteroatoms. The molecule has 0 aromatic carbocycles. The van der Waals surface area contributed by atoms with Gasteiger partial charge in [0.25, 0.3) is 0 Å². The van der Waals surface area contributed by atoms with Crippen LogP contribution in [0.4, 0.5) is 4.39 Å². The van der Waals surface area contributed by atoms with Crippen LogP contribution in [0.3, 0.4) is 0 Å². The maximum Gasteiger partial charge on any atom is 0.141 e. The SMILES string of the molecule is Cc1sc(CNCC2CC2)nc1-c1ccc(F)cn1. The van der Waals surface area contributed by atoms with Gasteiger partial charge in [0.15, 0.2) is 0 Å². The Kier molecular flexibility index (Phi) is 3.57. The normalized spacial score (nSPS) is 14.8. The third-order valence-electron chi connectivity index (χ3n) is 3.22. The highest BCUT2D eigenvalue weighted by Gasteiger charge is 2.20. The van der Waals surface area contributed by atoms with Crippen molar-refractivity contribution in [3.63, 3.8) is 0 Å². The summed E-state index contributed by atoms with van der Waals surface area (Å²) in [7, 11) is 0. The average Bonchev–Trinajstić information content (AvgIpc) is 3.14. The van der Waals surface area contributed by atoms with Crippen molar-refractivity contribution in [1.82, 2.24) is 15.3 Å². The van der Waals surface area contributed by atoms with E-state index in [0.717, 1.165) is 40.3 Å². The average molecular weight is 277 g/mol. The Balaban J connectivity index is 1.70. The summed E-state index contributed by atoms with van der Waals surface area (Å²) in [6.07, 6.45) is 3.95. The zero-order valence-corrected chi connectivity index (χ0v) is 11.6. The first kappa shape index (κ1) is 12.7. The van der Waals surface area contributed by atoms with Crippen molar-refractivity contribution in [2.75, 3.05) is 6.54 Å². The van der Waals surface area contributed by atoms with Crippen LogP contribution in [0.1, 0.15) is 22.7 Å². The monoisotopic (exact) mass is 277 g/mol. The molecule has 0 unspecified atom stereocenters. The molecule has 19 heavy (non-hydrogen) atoms. The molecule has 0 amide bonds. The van der Waals surface area contributed by atoms with Gasteiger partial charge in [0.05, 0.1) is 11.9 Å². The van der Waals surface area contributed by atoms with Gasteiger partial charge in [-0.2, -0.15) is 0 Å². The third-order valence-corrected chi connectivity index (χ3v) is 4.19. The lowest BCUT2D eigenvalue weighted by Gasteiger charge is -1.99. The summed E-state index contributed by atoms with van der Waals surface area (Å²) < 4.78 is 12.9. The van der Waals surface area contributed by atoms with Crippen LogP contribution in [0.25, 0.3) is 11.4 Å². The molecular formula is C14H16FN3S. The topological polar surface area (TPSA) is 37.8 Å². The third kappa shape index (κ3) is 3.16. The maximum atomic E-state index is 12.9. The number of rotatable bonds is 5. The van der Waals surface area contributed by atoms with E-state index in [1.807, 2.05) is 6.92 Å². The predicted molar refractivity (Wildman–Crippen MR) is 74.5 cm³/mol. The van der Waals surface area contributed by atoms with Gasteiger partial charge in [-0.1, -0.05) is 0 Å². The van der Waals surface area contributed by atoms with Crippen molar-refractivity contribution in [3.05, 3.63) is 34.0 Å². The molecule has 3 rings (SSSR count). The van der Waals surface area contributed by atoms with Crippen LogP contribution < -0.4 is 5.32 Å². The van der Waals surface area contributed by atoms with Gasteiger partial charge in [-0.05, 0) is 44.4 Å². The Morgan fingerprint density at radius 1 is 1.42 bits per heavy atom. The second-order valence-corrected chi connectivity index (χ2v) is 6.24. The van der Waals surface area contributed by atoms with E-state index in [4.69, 9.17) is 0 Å². The summed E-state index contributed by atoms with van der Waals surface area (Å²) in [5, 5.41) is 4.50. The first-order valence-electron chi connectivity index (χ1n) is 6.51. The summed E-state index contributed by atoms with van der Waals surface area (Å²) in [6, 6.07) is 3.10. The molecule has 100 valence electrons. The summed E-state index contributed by atoms with van der Waals surface area (Å²) >= 11 is 1.68. The number of pyridine rings is 1. The number of nitrogens with one attached hydrogen (secondary N) is 1. The van der Waals surface area contributed by atoms with Crippen LogP contribution in [-0.4, -0.2) is 16.5 Å². The fraction of sp³-hybridized carbons (Fsp3) is 0.429. The number of nitrogens with zero attached hydrogens (tertiary/aromatic N) is 2. The van der Waals surface area contributed by atoms with Crippen LogP contribution in [0.2, 0.25) is 0 Å². The van der Waals surface area contributed by atoms with Crippen molar-refractivity contribution < 1.29 is 4.39 Å². The molecule has 1 aliphatic rings. The predicted octanol–water partition coefficient (Wildman–Crippen LogP) is 3.15. The fourth-order valence-corrected chi connectivity index (χ4v) is 2.90. The van der Waals surface area contributed by atoms with Gasteiger partial charge in [0, 0.05) is 11.4 Å². The lowest BCUT2D eigenvalue weighted by molar-refractivity contribution is 0.621. The number of hydrogen-bond acceptors (Lipinski definition) is 4. The Labute approximate surface area is 115 Å². The molecule has 3 nitrogen and oxygen atoms in total. The van der Waals surface area contributed by atoms with Crippen LogP contribution in [0.5, 0.6) is 0 Å². The number of aromatic nitrogens is 2. The molecule has 2 aromatic heterocycles. The van der Waals surface area contributed by atoms with E-state index in [0.29, 0.717) is 0 Å². The van der Waals surface area contributed by atoms with E-state index in [2.05, 4.69) is 15.3 Å². The molecule has 2 heterocycles. The van der Waals surface area contributed by atoms with E-state index in [1.165, 1.54) is 25.1 Å². The highest BCUT2D eigenvalue weighted by atomic mass is 32.1. The highest BCUT2D eigenvalue weighted by Crippen LogP contribution is 2.28. The second-order valence-electron chi connectivity index (χ2n) is 4.95. The van der Waals surface area contributed by atoms with E-state index in [1.54, 1.807) is 17.4 Å². The van der Waals surface area contributed by atoms with Crippen LogP contribution in [0.15, 0.2) is 18.3 Å². The number of halogens is 1. The van der Waals surface area contributed by atoms with E-state index >= 15 is 0 Å². The van der Waals surface area contributed by atoms with Gasteiger partial charge >= 0.3 is 0 Å². The Hall–Kier alpha value is -1.33. The van der Waals surface area contributed by atoms with Gasteiger partial charge in [-0.25, -0.2) is 9.37 Å². The van der Waals surface area contributed by atoms with Crippen molar-refractivity contribution in [2.24, 2.45) is 5.92 Å². The summed E-state index contributed by atoms with van der Waals surface area (Å²) in [6.45, 7) is 3.92. The number of thiazole rings is 1. The number of aryl methyl sites for hydroxylation is 1. The molecule has 0 spiro atoms. The molecule has 1 N–H and O–H groups in total. The molecule has 0 atom stereocenters. The molecule has 0 bridgehead atoms. The molecule has 1 aliphatic carbocycles. The van der Waals surface area contributed by atoms with Crippen molar-refractivity contribution in [1.29, 1.82) is 0 Å². The lowest BCUT2D eigenvalue weighted by atomic mass is 10.2. The standard InChI is InChI=1S/C14H16FN3S/c1-9-14(12-5-4-11(15)7-17-12)18-13(19-9)8-16-6-10-2-3-10/h4-5,7,10,16H,2-3,6,8H2,1H3. The van der Waals surface area contributed by atoms with Gasteiger partial charge in [0.1, 0.15) is 16.5 Å². The Morgan fingerprint density at radius 3 is 2.95 bits per heavy atom. The molecule has 0 aliphatic heterocycles. The zero-order valence-electron chi connectivity index (χ0n) is 10.8. The van der Waals surface area contributed by atoms with Crippen molar-refractivity contribution in [3.8, 4) is 11.4 Å². The minimum Gasteiger partial charge on any atom is -0.310 e.